The fourth-order valence-electron chi connectivity index (χ4n) is 5.49. The summed E-state index contributed by atoms with van der Waals surface area (Å²) in [6.07, 6.45) is 0. The van der Waals surface area contributed by atoms with Crippen LogP contribution in [-0.4, -0.2) is 4.98 Å². The van der Waals surface area contributed by atoms with Gasteiger partial charge in [0.05, 0.1) is 11.4 Å². The molecule has 0 N–H and O–H groups in total. The van der Waals surface area contributed by atoms with E-state index in [1.54, 1.807) is 0 Å². The molecular weight excluding hydrogens is 480 g/mol. The Kier molecular flexibility index (Phi) is 4.79. The number of hydrogen-bond acceptors (Lipinski definition) is 4. The molecule has 39 heavy (non-hydrogen) atoms. The van der Waals surface area contributed by atoms with E-state index in [0.29, 0.717) is 6.01 Å². The van der Waals surface area contributed by atoms with Crippen molar-refractivity contribution in [2.45, 2.75) is 0 Å². The van der Waals surface area contributed by atoms with Crippen LogP contribution in [0.2, 0.25) is 0 Å². The Morgan fingerprint density at radius 3 is 2.10 bits per heavy atom. The second-order valence-electron chi connectivity index (χ2n) is 9.63. The van der Waals surface area contributed by atoms with Gasteiger partial charge in [-0.3, -0.25) is 4.90 Å². The summed E-state index contributed by atoms with van der Waals surface area (Å²) in [6, 6.07) is 46.1. The molecule has 0 bridgehead atoms. The van der Waals surface area contributed by atoms with E-state index in [9.17, 15) is 0 Å². The van der Waals surface area contributed by atoms with Crippen LogP contribution in [0.5, 0.6) is 0 Å². The fraction of sp³-hybridized carbons (Fsp3) is 0. The molecule has 0 saturated heterocycles. The van der Waals surface area contributed by atoms with E-state index in [0.717, 1.165) is 66.3 Å². The number of rotatable bonds is 4. The second-order valence-corrected chi connectivity index (χ2v) is 9.63. The Morgan fingerprint density at radius 1 is 0.513 bits per heavy atom. The van der Waals surface area contributed by atoms with Gasteiger partial charge in [0.25, 0.3) is 0 Å². The summed E-state index contributed by atoms with van der Waals surface area (Å²) < 4.78 is 12.6. The van der Waals surface area contributed by atoms with Crippen LogP contribution in [0, 0.1) is 0 Å². The van der Waals surface area contributed by atoms with Gasteiger partial charge in [-0.15, -0.1) is 0 Å². The molecule has 8 aromatic rings. The van der Waals surface area contributed by atoms with E-state index in [1.165, 1.54) is 0 Å². The predicted octanol–water partition coefficient (Wildman–Crippen LogP) is 10.0. The van der Waals surface area contributed by atoms with Gasteiger partial charge < -0.3 is 8.83 Å². The molecule has 0 saturated carbocycles. The van der Waals surface area contributed by atoms with Gasteiger partial charge in [-0.1, -0.05) is 91.0 Å². The van der Waals surface area contributed by atoms with Crippen molar-refractivity contribution in [3.8, 4) is 11.1 Å². The summed E-state index contributed by atoms with van der Waals surface area (Å²) in [5.41, 5.74) is 7.61. The van der Waals surface area contributed by atoms with Crippen LogP contribution in [0.3, 0.4) is 0 Å². The van der Waals surface area contributed by atoms with Gasteiger partial charge in [0.1, 0.15) is 16.7 Å². The Labute approximate surface area is 224 Å². The molecule has 0 aliphatic heterocycles. The third kappa shape index (κ3) is 3.50. The van der Waals surface area contributed by atoms with Crippen LogP contribution in [0.15, 0.2) is 142 Å². The number of hydrogen-bond donors (Lipinski definition) is 0. The summed E-state index contributed by atoms with van der Waals surface area (Å²) in [7, 11) is 0. The average molecular weight is 503 g/mol. The molecule has 0 radical (unpaired) electrons. The lowest BCUT2D eigenvalue weighted by molar-refractivity contribution is 0.611. The smallest absolute Gasteiger partial charge is 0.307 e. The quantitative estimate of drug-likeness (QED) is 0.240. The molecule has 4 nitrogen and oxygen atoms in total. The number of furan rings is 1. The number of aromatic nitrogens is 1. The molecule has 8 rings (SSSR count). The fourth-order valence-corrected chi connectivity index (χ4v) is 5.49. The van der Waals surface area contributed by atoms with Crippen molar-refractivity contribution >= 4 is 61.2 Å². The number of nitrogens with zero attached hydrogens (tertiary/aromatic N) is 2. The van der Waals surface area contributed by atoms with Gasteiger partial charge in [0, 0.05) is 16.2 Å². The number of anilines is 3. The van der Waals surface area contributed by atoms with Crippen molar-refractivity contribution in [2.24, 2.45) is 0 Å². The second kappa shape index (κ2) is 8.61. The summed E-state index contributed by atoms with van der Waals surface area (Å²) in [6.45, 7) is 0. The Balaban J connectivity index is 1.27. The first-order chi connectivity index (χ1) is 19.3. The van der Waals surface area contributed by atoms with Gasteiger partial charge in [-0.2, -0.15) is 4.98 Å². The highest BCUT2D eigenvalue weighted by Crippen LogP contribution is 2.40. The largest absolute Gasteiger partial charge is 0.456 e. The molecular formula is C35H22N2O2. The first kappa shape index (κ1) is 21.7. The van der Waals surface area contributed by atoms with E-state index < -0.39 is 0 Å². The number of benzene rings is 6. The van der Waals surface area contributed by atoms with Gasteiger partial charge in [-0.05, 0) is 59.0 Å². The number of fused-ring (bicyclic) bond motifs is 6. The lowest BCUT2D eigenvalue weighted by Crippen LogP contribution is -2.10. The predicted molar refractivity (Wildman–Crippen MR) is 159 cm³/mol. The lowest BCUT2D eigenvalue weighted by atomic mass is 9.99. The standard InChI is InChI=1S/C35H22N2O2/c1-2-10-25(11-3-1)37(35-36-30-22-19-23-9-4-5-12-28(23)34(30)39-35)26-20-17-24(18-21-26)27-14-8-16-32-33(27)29-13-6-7-15-31(29)38-32/h1-22H. The molecule has 0 aliphatic carbocycles. The third-order valence-electron chi connectivity index (χ3n) is 7.31. The maximum Gasteiger partial charge on any atom is 0.307 e. The maximum atomic E-state index is 6.47. The minimum atomic E-state index is 0.531. The molecule has 6 aromatic carbocycles. The number of oxazole rings is 1. The van der Waals surface area contributed by atoms with Crippen molar-refractivity contribution in [1.29, 1.82) is 0 Å². The minimum absolute atomic E-state index is 0.531. The van der Waals surface area contributed by atoms with Crippen molar-refractivity contribution in [2.75, 3.05) is 4.90 Å². The van der Waals surface area contributed by atoms with Crippen LogP contribution < -0.4 is 4.90 Å². The topological polar surface area (TPSA) is 42.4 Å². The highest BCUT2D eigenvalue weighted by Gasteiger charge is 2.20. The van der Waals surface area contributed by atoms with Crippen LogP contribution in [0.1, 0.15) is 0 Å². The molecule has 0 unspecified atom stereocenters. The van der Waals surface area contributed by atoms with Crippen LogP contribution >= 0.6 is 0 Å². The summed E-state index contributed by atoms with van der Waals surface area (Å²) in [4.78, 5) is 6.97. The molecule has 2 heterocycles. The van der Waals surface area contributed by atoms with E-state index in [2.05, 4.69) is 77.7 Å². The summed E-state index contributed by atoms with van der Waals surface area (Å²) in [5.74, 6) is 0. The van der Waals surface area contributed by atoms with Gasteiger partial charge >= 0.3 is 6.01 Å². The Morgan fingerprint density at radius 2 is 1.23 bits per heavy atom. The van der Waals surface area contributed by atoms with Gasteiger partial charge in [0.2, 0.25) is 0 Å². The van der Waals surface area contributed by atoms with E-state index in [-0.39, 0.29) is 0 Å². The van der Waals surface area contributed by atoms with Gasteiger partial charge in [-0.25, -0.2) is 0 Å². The molecule has 0 aliphatic rings. The van der Waals surface area contributed by atoms with Crippen molar-refractivity contribution < 1.29 is 8.83 Å². The van der Waals surface area contributed by atoms with Crippen LogP contribution in [0.4, 0.5) is 17.4 Å². The van der Waals surface area contributed by atoms with E-state index >= 15 is 0 Å². The maximum absolute atomic E-state index is 6.47. The molecule has 0 atom stereocenters. The average Bonchev–Trinajstić information content (AvgIpc) is 3.60. The third-order valence-corrected chi connectivity index (χ3v) is 7.31. The minimum Gasteiger partial charge on any atom is -0.456 e. The zero-order valence-electron chi connectivity index (χ0n) is 20.9. The van der Waals surface area contributed by atoms with E-state index in [4.69, 9.17) is 13.8 Å². The van der Waals surface area contributed by atoms with E-state index in [1.807, 2.05) is 60.7 Å². The molecule has 0 fully saturated rings. The van der Waals surface area contributed by atoms with Crippen LogP contribution in [0.25, 0.3) is 54.9 Å². The Bertz CT molecular complexity index is 2120. The molecule has 2 aromatic heterocycles. The SMILES string of the molecule is c1ccc(N(c2ccc(-c3cccc4oc5ccccc5c34)cc2)c2nc3ccc4ccccc4c3o2)cc1. The monoisotopic (exact) mass is 502 g/mol. The first-order valence-corrected chi connectivity index (χ1v) is 13.0. The summed E-state index contributed by atoms with van der Waals surface area (Å²) >= 11 is 0. The van der Waals surface area contributed by atoms with Crippen LogP contribution in [-0.2, 0) is 0 Å². The summed E-state index contributed by atoms with van der Waals surface area (Å²) in [5, 5.41) is 4.44. The lowest BCUT2D eigenvalue weighted by Gasteiger charge is -2.21. The molecule has 184 valence electrons. The molecule has 4 heteroatoms. The van der Waals surface area contributed by atoms with Gasteiger partial charge in [0.15, 0.2) is 5.58 Å². The highest BCUT2D eigenvalue weighted by molar-refractivity contribution is 6.12. The van der Waals surface area contributed by atoms with Crippen molar-refractivity contribution in [3.63, 3.8) is 0 Å². The molecule has 0 amide bonds. The zero-order valence-corrected chi connectivity index (χ0v) is 20.9. The van der Waals surface area contributed by atoms with Crippen molar-refractivity contribution in [3.05, 3.63) is 133 Å². The first-order valence-electron chi connectivity index (χ1n) is 13.0. The Hall–Kier alpha value is -5.35. The molecule has 0 spiro atoms. The van der Waals surface area contributed by atoms with Crippen molar-refractivity contribution in [1.82, 2.24) is 4.98 Å². The number of para-hydroxylation sites is 2. The zero-order chi connectivity index (χ0) is 25.8. The normalized spacial score (nSPS) is 11.6. The highest BCUT2D eigenvalue weighted by atomic mass is 16.4.